The lowest BCUT2D eigenvalue weighted by Gasteiger charge is -2.05. The Balaban J connectivity index is 1.43. The second kappa shape index (κ2) is 7.53. The summed E-state index contributed by atoms with van der Waals surface area (Å²) in [6.07, 6.45) is 0. The second-order valence-corrected chi connectivity index (χ2v) is 8.30. The van der Waals surface area contributed by atoms with Crippen LogP contribution in [0.5, 0.6) is 0 Å². The van der Waals surface area contributed by atoms with E-state index in [0.717, 1.165) is 14.8 Å². The minimum absolute atomic E-state index is 0.184. The molecule has 7 heteroatoms. The van der Waals surface area contributed by atoms with Crippen LogP contribution >= 0.6 is 22.7 Å². The standard InChI is InChI=1S/C21H15NO4S2/c1-12(23)22-14-8-6-13(7-9-14)16(24)11-26-21(25)19-10-18-20(28-19)15-4-2-3-5-17(15)27-18/h2-10H,11H2,1H3,(H,22,23). The lowest BCUT2D eigenvalue weighted by atomic mass is 10.1. The summed E-state index contributed by atoms with van der Waals surface area (Å²) in [5, 5.41) is 3.76. The first-order valence-corrected chi connectivity index (χ1v) is 10.1. The van der Waals surface area contributed by atoms with Crippen molar-refractivity contribution in [1.29, 1.82) is 0 Å². The number of anilines is 1. The summed E-state index contributed by atoms with van der Waals surface area (Å²) in [4.78, 5) is 36.1. The van der Waals surface area contributed by atoms with Gasteiger partial charge in [0.05, 0.1) is 4.70 Å². The van der Waals surface area contributed by atoms with Gasteiger partial charge >= 0.3 is 5.97 Å². The van der Waals surface area contributed by atoms with Crippen LogP contribution < -0.4 is 5.32 Å². The molecule has 0 radical (unpaired) electrons. The number of hydrogen-bond donors (Lipinski definition) is 1. The van der Waals surface area contributed by atoms with Gasteiger partial charge in [-0.15, -0.1) is 22.7 Å². The number of amides is 1. The average molecular weight is 409 g/mol. The van der Waals surface area contributed by atoms with E-state index in [9.17, 15) is 14.4 Å². The molecule has 2 aromatic carbocycles. The van der Waals surface area contributed by atoms with E-state index < -0.39 is 5.97 Å². The van der Waals surface area contributed by atoms with Gasteiger partial charge in [0.25, 0.3) is 0 Å². The minimum atomic E-state index is -0.499. The molecule has 0 aliphatic rings. The molecule has 28 heavy (non-hydrogen) atoms. The summed E-state index contributed by atoms with van der Waals surface area (Å²) in [6, 6.07) is 16.3. The highest BCUT2D eigenvalue weighted by molar-refractivity contribution is 7.33. The first kappa shape index (κ1) is 18.3. The highest BCUT2D eigenvalue weighted by Crippen LogP contribution is 2.39. The van der Waals surface area contributed by atoms with Crippen LogP contribution in [-0.4, -0.2) is 24.3 Å². The predicted molar refractivity (Wildman–Crippen MR) is 113 cm³/mol. The zero-order chi connectivity index (χ0) is 19.7. The molecule has 2 heterocycles. The number of ketones is 1. The lowest BCUT2D eigenvalue weighted by molar-refractivity contribution is -0.114. The van der Waals surface area contributed by atoms with E-state index >= 15 is 0 Å². The number of Topliss-reactive ketones (excluding diaryl/α,β-unsaturated/α-hetero) is 1. The average Bonchev–Trinajstić information content (AvgIpc) is 3.24. The molecule has 2 aromatic heterocycles. The molecule has 0 bridgehead atoms. The summed E-state index contributed by atoms with van der Waals surface area (Å²) in [5.74, 6) is -0.983. The van der Waals surface area contributed by atoms with Gasteiger partial charge in [0.1, 0.15) is 4.88 Å². The number of rotatable bonds is 5. The maximum absolute atomic E-state index is 12.4. The zero-order valence-corrected chi connectivity index (χ0v) is 16.5. The summed E-state index contributed by atoms with van der Waals surface area (Å²) in [7, 11) is 0. The van der Waals surface area contributed by atoms with Crippen LogP contribution in [0.4, 0.5) is 5.69 Å². The molecule has 0 aliphatic carbocycles. The number of fused-ring (bicyclic) bond motifs is 3. The number of benzene rings is 2. The molecule has 0 aliphatic heterocycles. The number of esters is 1. The normalized spacial score (nSPS) is 10.9. The predicted octanol–water partition coefficient (Wildman–Crippen LogP) is 5.11. The van der Waals surface area contributed by atoms with E-state index in [2.05, 4.69) is 11.4 Å². The molecule has 0 saturated heterocycles. The van der Waals surface area contributed by atoms with Crippen molar-refractivity contribution in [3.63, 3.8) is 0 Å². The van der Waals surface area contributed by atoms with Gasteiger partial charge in [0.2, 0.25) is 5.91 Å². The van der Waals surface area contributed by atoms with Crippen LogP contribution in [0.2, 0.25) is 0 Å². The topological polar surface area (TPSA) is 72.5 Å². The molecule has 4 rings (SSSR count). The van der Waals surface area contributed by atoms with Crippen molar-refractivity contribution < 1.29 is 19.1 Å². The number of thiophene rings is 2. The van der Waals surface area contributed by atoms with Crippen molar-refractivity contribution in [3.05, 3.63) is 65.0 Å². The Kier molecular flexibility index (Phi) is 4.93. The third-order valence-electron chi connectivity index (χ3n) is 4.11. The van der Waals surface area contributed by atoms with Crippen molar-refractivity contribution in [3.8, 4) is 0 Å². The monoisotopic (exact) mass is 409 g/mol. The summed E-state index contributed by atoms with van der Waals surface area (Å²) in [5.41, 5.74) is 1.02. The van der Waals surface area contributed by atoms with Crippen LogP contribution in [0.25, 0.3) is 19.5 Å². The fourth-order valence-corrected chi connectivity index (χ4v) is 5.25. The molecule has 0 spiro atoms. The number of nitrogens with one attached hydrogen (secondary N) is 1. The summed E-state index contributed by atoms with van der Waals surface area (Å²) < 4.78 is 8.49. The van der Waals surface area contributed by atoms with E-state index in [1.54, 1.807) is 35.6 Å². The summed E-state index contributed by atoms with van der Waals surface area (Å²) >= 11 is 3.01. The van der Waals surface area contributed by atoms with Crippen LogP contribution in [0.3, 0.4) is 0 Å². The number of carbonyl (C=O) groups excluding carboxylic acids is 3. The van der Waals surface area contributed by atoms with Gasteiger partial charge in [0.15, 0.2) is 12.4 Å². The molecule has 0 unspecified atom stereocenters. The maximum Gasteiger partial charge on any atom is 0.348 e. The van der Waals surface area contributed by atoms with E-state index in [1.807, 2.05) is 24.3 Å². The lowest BCUT2D eigenvalue weighted by Crippen LogP contribution is -2.13. The van der Waals surface area contributed by atoms with Crippen LogP contribution in [0, 0.1) is 0 Å². The molecule has 0 saturated carbocycles. The van der Waals surface area contributed by atoms with Gasteiger partial charge < -0.3 is 10.1 Å². The van der Waals surface area contributed by atoms with Gasteiger partial charge in [-0.1, -0.05) is 18.2 Å². The Bertz CT molecular complexity index is 1200. The first-order chi connectivity index (χ1) is 13.5. The largest absolute Gasteiger partial charge is 0.453 e. The van der Waals surface area contributed by atoms with Gasteiger partial charge in [0, 0.05) is 33.0 Å². The quantitative estimate of drug-likeness (QED) is 0.367. The van der Waals surface area contributed by atoms with Crippen molar-refractivity contribution >= 4 is 65.5 Å². The Labute approximate surface area is 168 Å². The van der Waals surface area contributed by atoms with Crippen LogP contribution in [-0.2, 0) is 9.53 Å². The number of ether oxygens (including phenoxy) is 1. The molecule has 1 amide bonds. The molecule has 1 N–H and O–H groups in total. The zero-order valence-electron chi connectivity index (χ0n) is 14.9. The van der Waals surface area contributed by atoms with Crippen molar-refractivity contribution in [2.24, 2.45) is 0 Å². The van der Waals surface area contributed by atoms with Crippen LogP contribution in [0.1, 0.15) is 27.0 Å². The fraction of sp³-hybridized carbons (Fsp3) is 0.0952. The van der Waals surface area contributed by atoms with Crippen molar-refractivity contribution in [2.45, 2.75) is 6.92 Å². The fourth-order valence-electron chi connectivity index (χ4n) is 2.83. The van der Waals surface area contributed by atoms with E-state index in [-0.39, 0.29) is 18.3 Å². The van der Waals surface area contributed by atoms with Gasteiger partial charge in [-0.3, -0.25) is 9.59 Å². The van der Waals surface area contributed by atoms with Crippen molar-refractivity contribution in [2.75, 3.05) is 11.9 Å². The van der Waals surface area contributed by atoms with E-state index in [1.165, 1.54) is 23.0 Å². The van der Waals surface area contributed by atoms with E-state index in [0.29, 0.717) is 16.1 Å². The third kappa shape index (κ3) is 3.67. The SMILES string of the molecule is CC(=O)Nc1ccc(C(=O)COC(=O)c2cc3sc4ccccc4c3s2)cc1. The highest BCUT2D eigenvalue weighted by Gasteiger charge is 2.17. The molecule has 5 nitrogen and oxygen atoms in total. The first-order valence-electron chi connectivity index (χ1n) is 8.50. The summed E-state index contributed by atoms with van der Waals surface area (Å²) in [6.45, 7) is 1.08. The van der Waals surface area contributed by atoms with Gasteiger partial charge in [-0.05, 0) is 36.4 Å². The number of hydrogen-bond acceptors (Lipinski definition) is 6. The Morgan fingerprint density at radius 1 is 0.964 bits per heavy atom. The highest BCUT2D eigenvalue weighted by atomic mass is 32.1. The minimum Gasteiger partial charge on any atom is -0.453 e. The third-order valence-corrected chi connectivity index (χ3v) is 6.51. The van der Waals surface area contributed by atoms with Gasteiger partial charge in [-0.25, -0.2) is 4.79 Å². The molecular formula is C21H15NO4S2. The molecule has 140 valence electrons. The van der Waals surface area contributed by atoms with Crippen LogP contribution in [0.15, 0.2) is 54.6 Å². The molecular weight excluding hydrogens is 394 g/mol. The van der Waals surface area contributed by atoms with Gasteiger partial charge in [-0.2, -0.15) is 0 Å². The molecule has 4 aromatic rings. The Morgan fingerprint density at radius 3 is 2.46 bits per heavy atom. The Morgan fingerprint density at radius 2 is 1.71 bits per heavy atom. The van der Waals surface area contributed by atoms with E-state index in [4.69, 9.17) is 4.74 Å². The smallest absolute Gasteiger partial charge is 0.348 e. The van der Waals surface area contributed by atoms with Crippen molar-refractivity contribution in [1.82, 2.24) is 0 Å². The number of carbonyl (C=O) groups is 3. The maximum atomic E-state index is 12.4. The molecule has 0 atom stereocenters. The molecule has 0 fully saturated rings. The Hall–Kier alpha value is -3.03. The second-order valence-electron chi connectivity index (χ2n) is 6.16.